The molecule has 0 amide bonds. The summed E-state index contributed by atoms with van der Waals surface area (Å²) in [5.41, 5.74) is 8.33. The molecule has 1 saturated carbocycles. The summed E-state index contributed by atoms with van der Waals surface area (Å²) in [6, 6.07) is 5.89. The molecule has 18 heavy (non-hydrogen) atoms. The monoisotopic (exact) mass is 245 g/mol. The third-order valence-corrected chi connectivity index (χ3v) is 3.86. The lowest BCUT2D eigenvalue weighted by Crippen LogP contribution is -2.39. The predicted molar refractivity (Wildman–Crippen MR) is 71.7 cm³/mol. The molecule has 0 unspecified atom stereocenters. The fourth-order valence-corrected chi connectivity index (χ4v) is 2.84. The van der Waals surface area contributed by atoms with E-state index in [1.807, 2.05) is 18.2 Å². The van der Waals surface area contributed by atoms with Crippen LogP contribution in [0.5, 0.6) is 5.75 Å². The SMILES string of the molecule is COc1ccc2nc(CC3(N)CCCC3)[nH]c2c1. The second-order valence-corrected chi connectivity index (χ2v) is 5.31. The van der Waals surface area contributed by atoms with Crippen LogP contribution in [0.15, 0.2) is 18.2 Å². The highest BCUT2D eigenvalue weighted by Gasteiger charge is 2.30. The Morgan fingerprint density at radius 2 is 2.17 bits per heavy atom. The quantitative estimate of drug-likeness (QED) is 0.872. The zero-order valence-corrected chi connectivity index (χ0v) is 10.7. The molecule has 4 heteroatoms. The summed E-state index contributed by atoms with van der Waals surface area (Å²) in [6.07, 6.45) is 5.53. The van der Waals surface area contributed by atoms with E-state index in [-0.39, 0.29) is 5.54 Å². The van der Waals surface area contributed by atoms with Crippen LogP contribution in [0.1, 0.15) is 31.5 Å². The van der Waals surface area contributed by atoms with Gasteiger partial charge in [-0.25, -0.2) is 4.98 Å². The summed E-state index contributed by atoms with van der Waals surface area (Å²) >= 11 is 0. The van der Waals surface area contributed by atoms with E-state index < -0.39 is 0 Å². The number of aromatic amines is 1. The van der Waals surface area contributed by atoms with E-state index in [1.54, 1.807) is 7.11 Å². The standard InChI is InChI=1S/C14H19N3O/c1-18-10-4-5-11-12(8-10)17-13(16-11)9-14(15)6-2-3-7-14/h4-5,8H,2-3,6-7,9,15H2,1H3,(H,16,17). The zero-order chi connectivity index (χ0) is 12.6. The molecule has 1 fully saturated rings. The van der Waals surface area contributed by atoms with Crippen LogP contribution < -0.4 is 10.5 Å². The van der Waals surface area contributed by atoms with Gasteiger partial charge in [0.05, 0.1) is 18.1 Å². The zero-order valence-electron chi connectivity index (χ0n) is 10.7. The summed E-state index contributed by atoms with van der Waals surface area (Å²) in [5, 5.41) is 0. The van der Waals surface area contributed by atoms with Crippen LogP contribution in [0.4, 0.5) is 0 Å². The Balaban J connectivity index is 1.88. The fraction of sp³-hybridized carbons (Fsp3) is 0.500. The number of hydrogen-bond acceptors (Lipinski definition) is 3. The Bertz CT molecular complexity index is 555. The van der Waals surface area contributed by atoms with Gasteiger partial charge in [-0.3, -0.25) is 0 Å². The molecular weight excluding hydrogens is 226 g/mol. The molecule has 1 aromatic heterocycles. The highest BCUT2D eigenvalue weighted by Crippen LogP contribution is 2.30. The van der Waals surface area contributed by atoms with Crippen molar-refractivity contribution in [3.05, 3.63) is 24.0 Å². The van der Waals surface area contributed by atoms with Gasteiger partial charge in [-0.15, -0.1) is 0 Å². The fourth-order valence-electron chi connectivity index (χ4n) is 2.84. The van der Waals surface area contributed by atoms with Crippen molar-refractivity contribution < 1.29 is 4.74 Å². The highest BCUT2D eigenvalue weighted by atomic mass is 16.5. The van der Waals surface area contributed by atoms with Crippen molar-refractivity contribution in [3.63, 3.8) is 0 Å². The predicted octanol–water partition coefficient (Wildman–Crippen LogP) is 2.39. The van der Waals surface area contributed by atoms with Gasteiger partial charge < -0.3 is 15.5 Å². The van der Waals surface area contributed by atoms with Crippen LogP contribution in [-0.2, 0) is 6.42 Å². The molecule has 1 aliphatic carbocycles. The van der Waals surface area contributed by atoms with Crippen LogP contribution in [0.25, 0.3) is 11.0 Å². The Labute approximate surface area is 107 Å². The first kappa shape index (κ1) is 11.5. The summed E-state index contributed by atoms with van der Waals surface area (Å²) in [6.45, 7) is 0. The molecule has 0 atom stereocenters. The minimum absolute atomic E-state index is 0.0576. The van der Waals surface area contributed by atoms with Gasteiger partial charge in [0.1, 0.15) is 11.6 Å². The Morgan fingerprint density at radius 3 is 2.89 bits per heavy atom. The number of methoxy groups -OCH3 is 1. The van der Waals surface area contributed by atoms with Crippen molar-refractivity contribution in [1.82, 2.24) is 9.97 Å². The molecule has 2 aromatic rings. The number of fused-ring (bicyclic) bond motifs is 1. The number of ether oxygens (including phenoxy) is 1. The van der Waals surface area contributed by atoms with Gasteiger partial charge in [0, 0.05) is 18.0 Å². The van der Waals surface area contributed by atoms with Crippen molar-refractivity contribution in [2.75, 3.05) is 7.11 Å². The lowest BCUT2D eigenvalue weighted by Gasteiger charge is -2.21. The lowest BCUT2D eigenvalue weighted by atomic mass is 9.94. The Morgan fingerprint density at radius 1 is 1.39 bits per heavy atom. The van der Waals surface area contributed by atoms with E-state index in [1.165, 1.54) is 12.8 Å². The van der Waals surface area contributed by atoms with Crippen molar-refractivity contribution in [2.24, 2.45) is 5.73 Å². The number of nitrogens with zero attached hydrogens (tertiary/aromatic N) is 1. The number of benzene rings is 1. The van der Waals surface area contributed by atoms with E-state index in [2.05, 4.69) is 9.97 Å². The molecule has 1 heterocycles. The van der Waals surface area contributed by atoms with Gasteiger partial charge >= 0.3 is 0 Å². The minimum Gasteiger partial charge on any atom is -0.497 e. The van der Waals surface area contributed by atoms with Gasteiger partial charge in [-0.2, -0.15) is 0 Å². The summed E-state index contributed by atoms with van der Waals surface area (Å²) in [7, 11) is 1.67. The van der Waals surface area contributed by atoms with E-state index in [0.717, 1.165) is 41.9 Å². The molecule has 0 spiro atoms. The minimum atomic E-state index is -0.0576. The largest absolute Gasteiger partial charge is 0.497 e. The number of imidazole rings is 1. The number of nitrogens with one attached hydrogen (secondary N) is 1. The molecule has 1 aliphatic rings. The average Bonchev–Trinajstić information content (AvgIpc) is 2.94. The molecule has 3 N–H and O–H groups in total. The third kappa shape index (κ3) is 2.08. The molecule has 0 bridgehead atoms. The molecule has 96 valence electrons. The van der Waals surface area contributed by atoms with Crippen LogP contribution in [-0.4, -0.2) is 22.6 Å². The van der Waals surface area contributed by atoms with Gasteiger partial charge in [0.25, 0.3) is 0 Å². The first-order chi connectivity index (χ1) is 8.68. The summed E-state index contributed by atoms with van der Waals surface area (Å²) in [5.74, 6) is 1.84. The van der Waals surface area contributed by atoms with E-state index in [9.17, 15) is 0 Å². The third-order valence-electron chi connectivity index (χ3n) is 3.86. The van der Waals surface area contributed by atoms with Gasteiger partial charge in [0.15, 0.2) is 0 Å². The molecule has 0 radical (unpaired) electrons. The molecule has 3 rings (SSSR count). The van der Waals surface area contributed by atoms with Crippen molar-refractivity contribution in [2.45, 2.75) is 37.6 Å². The van der Waals surface area contributed by atoms with Crippen LogP contribution in [0.2, 0.25) is 0 Å². The molecule has 0 aliphatic heterocycles. The van der Waals surface area contributed by atoms with Crippen molar-refractivity contribution >= 4 is 11.0 Å². The maximum Gasteiger partial charge on any atom is 0.121 e. The van der Waals surface area contributed by atoms with Crippen LogP contribution >= 0.6 is 0 Å². The van der Waals surface area contributed by atoms with Crippen LogP contribution in [0, 0.1) is 0 Å². The van der Waals surface area contributed by atoms with Crippen LogP contribution in [0.3, 0.4) is 0 Å². The Hall–Kier alpha value is -1.55. The van der Waals surface area contributed by atoms with Crippen molar-refractivity contribution in [1.29, 1.82) is 0 Å². The molecule has 1 aromatic carbocycles. The number of nitrogens with two attached hydrogens (primary N) is 1. The maximum absolute atomic E-state index is 6.38. The van der Waals surface area contributed by atoms with E-state index in [0.29, 0.717) is 0 Å². The highest BCUT2D eigenvalue weighted by molar-refractivity contribution is 5.76. The Kier molecular flexibility index (Phi) is 2.74. The number of H-pyrrole nitrogens is 1. The summed E-state index contributed by atoms with van der Waals surface area (Å²) < 4.78 is 5.21. The maximum atomic E-state index is 6.38. The van der Waals surface area contributed by atoms with Gasteiger partial charge in [-0.1, -0.05) is 12.8 Å². The first-order valence-electron chi connectivity index (χ1n) is 6.50. The molecular formula is C14H19N3O. The number of rotatable bonds is 3. The molecule has 4 nitrogen and oxygen atoms in total. The first-order valence-corrected chi connectivity index (χ1v) is 6.50. The van der Waals surface area contributed by atoms with Gasteiger partial charge in [0.2, 0.25) is 0 Å². The normalized spacial score (nSPS) is 18.3. The van der Waals surface area contributed by atoms with Gasteiger partial charge in [-0.05, 0) is 25.0 Å². The number of aromatic nitrogens is 2. The number of hydrogen-bond donors (Lipinski definition) is 2. The second kappa shape index (κ2) is 4.28. The lowest BCUT2D eigenvalue weighted by molar-refractivity contribution is 0.415. The molecule has 0 saturated heterocycles. The second-order valence-electron chi connectivity index (χ2n) is 5.31. The average molecular weight is 245 g/mol. The summed E-state index contributed by atoms with van der Waals surface area (Å²) in [4.78, 5) is 7.96. The smallest absolute Gasteiger partial charge is 0.121 e. The van der Waals surface area contributed by atoms with E-state index >= 15 is 0 Å². The topological polar surface area (TPSA) is 63.9 Å². The van der Waals surface area contributed by atoms with Crippen molar-refractivity contribution in [3.8, 4) is 5.75 Å². The van der Waals surface area contributed by atoms with E-state index in [4.69, 9.17) is 10.5 Å².